The Kier molecular flexibility index (Phi) is 2.76. The van der Waals surface area contributed by atoms with E-state index in [0.717, 1.165) is 32.3 Å². The fourth-order valence-corrected chi connectivity index (χ4v) is 3.65. The highest BCUT2D eigenvalue weighted by Gasteiger charge is 2.45. The van der Waals surface area contributed by atoms with E-state index in [9.17, 15) is 5.11 Å². The van der Waals surface area contributed by atoms with Crippen LogP contribution in [0.5, 0.6) is 0 Å². The molecule has 0 bridgehead atoms. The Morgan fingerprint density at radius 3 is 2.67 bits per heavy atom. The van der Waals surface area contributed by atoms with Gasteiger partial charge in [-0.05, 0) is 50.7 Å². The van der Waals surface area contributed by atoms with Crippen molar-refractivity contribution < 1.29 is 9.84 Å². The van der Waals surface area contributed by atoms with Crippen LogP contribution in [-0.2, 0) is 15.8 Å². The van der Waals surface area contributed by atoms with Crippen molar-refractivity contribution in [1.82, 2.24) is 0 Å². The zero-order chi connectivity index (χ0) is 12.8. The Bertz CT molecular complexity index is 452. The SMILES string of the molecule is CC1(C)OCC2(CCCC(O)C2)c2ccccc21. The van der Waals surface area contributed by atoms with E-state index in [2.05, 4.69) is 38.1 Å². The average molecular weight is 246 g/mol. The average Bonchev–Trinajstić information content (AvgIpc) is 2.36. The van der Waals surface area contributed by atoms with E-state index in [1.165, 1.54) is 11.1 Å². The third-order valence-electron chi connectivity index (χ3n) is 4.68. The summed E-state index contributed by atoms with van der Waals surface area (Å²) < 4.78 is 6.12. The fourth-order valence-electron chi connectivity index (χ4n) is 3.65. The fraction of sp³-hybridized carbons (Fsp3) is 0.625. The quantitative estimate of drug-likeness (QED) is 0.762. The molecule has 1 spiro atoms. The molecule has 0 aromatic heterocycles. The predicted octanol–water partition coefficient (Wildman–Crippen LogP) is 3.12. The summed E-state index contributed by atoms with van der Waals surface area (Å²) in [5.74, 6) is 0. The molecule has 1 aliphatic carbocycles. The summed E-state index contributed by atoms with van der Waals surface area (Å²) >= 11 is 0. The Labute approximate surface area is 109 Å². The van der Waals surface area contributed by atoms with Gasteiger partial charge in [0.15, 0.2) is 0 Å². The largest absolute Gasteiger partial charge is 0.393 e. The standard InChI is InChI=1S/C16H22O2/c1-15(2)13-7-3-4-8-14(13)16(11-18-15)9-5-6-12(17)10-16/h3-4,7-8,12,17H,5-6,9-11H2,1-2H3. The van der Waals surface area contributed by atoms with Gasteiger partial charge in [0.05, 0.1) is 18.3 Å². The van der Waals surface area contributed by atoms with E-state index in [1.807, 2.05) is 0 Å². The molecule has 0 amide bonds. The molecule has 2 nitrogen and oxygen atoms in total. The molecular weight excluding hydrogens is 224 g/mol. The number of ether oxygens (including phenoxy) is 1. The van der Waals surface area contributed by atoms with Crippen molar-refractivity contribution in [3.05, 3.63) is 35.4 Å². The van der Waals surface area contributed by atoms with Gasteiger partial charge in [-0.3, -0.25) is 0 Å². The van der Waals surface area contributed by atoms with Crippen molar-refractivity contribution in [3.63, 3.8) is 0 Å². The molecule has 2 heteroatoms. The van der Waals surface area contributed by atoms with Gasteiger partial charge in [-0.1, -0.05) is 24.3 Å². The van der Waals surface area contributed by atoms with Crippen LogP contribution >= 0.6 is 0 Å². The van der Waals surface area contributed by atoms with E-state index in [0.29, 0.717) is 0 Å². The van der Waals surface area contributed by atoms with Crippen LogP contribution in [0.4, 0.5) is 0 Å². The number of hydrogen-bond donors (Lipinski definition) is 1. The molecule has 98 valence electrons. The minimum Gasteiger partial charge on any atom is -0.393 e. The lowest BCUT2D eigenvalue weighted by atomic mass is 9.65. The second-order valence-corrected chi connectivity index (χ2v) is 6.38. The Hall–Kier alpha value is -0.860. The minimum atomic E-state index is -0.204. The minimum absolute atomic E-state index is 0.0454. The van der Waals surface area contributed by atoms with Crippen molar-refractivity contribution in [3.8, 4) is 0 Å². The second-order valence-electron chi connectivity index (χ2n) is 6.38. The van der Waals surface area contributed by atoms with Crippen molar-refractivity contribution in [2.24, 2.45) is 0 Å². The number of hydrogen-bond acceptors (Lipinski definition) is 2. The van der Waals surface area contributed by atoms with Gasteiger partial charge in [0.2, 0.25) is 0 Å². The lowest BCUT2D eigenvalue weighted by Crippen LogP contribution is -2.47. The zero-order valence-corrected chi connectivity index (χ0v) is 11.3. The number of fused-ring (bicyclic) bond motifs is 2. The van der Waals surface area contributed by atoms with Crippen LogP contribution in [0.25, 0.3) is 0 Å². The summed E-state index contributed by atoms with van der Waals surface area (Å²) in [5, 5.41) is 10.0. The molecule has 1 heterocycles. The third kappa shape index (κ3) is 1.79. The molecular formula is C16H22O2. The van der Waals surface area contributed by atoms with Gasteiger partial charge >= 0.3 is 0 Å². The van der Waals surface area contributed by atoms with Crippen LogP contribution in [0.2, 0.25) is 0 Å². The summed E-state index contributed by atoms with van der Waals surface area (Å²) in [6.07, 6.45) is 3.85. The van der Waals surface area contributed by atoms with Gasteiger partial charge < -0.3 is 9.84 Å². The first-order valence-electron chi connectivity index (χ1n) is 6.96. The van der Waals surface area contributed by atoms with Gasteiger partial charge in [0.1, 0.15) is 0 Å². The second kappa shape index (κ2) is 4.07. The lowest BCUT2D eigenvalue weighted by molar-refractivity contribution is -0.0837. The normalized spacial score (nSPS) is 34.3. The first kappa shape index (κ1) is 12.2. The molecule has 2 unspecified atom stereocenters. The lowest BCUT2D eigenvalue weighted by Gasteiger charge is -2.48. The van der Waals surface area contributed by atoms with E-state index in [-0.39, 0.29) is 17.1 Å². The molecule has 0 saturated heterocycles. The molecule has 1 fully saturated rings. The molecule has 2 aliphatic rings. The van der Waals surface area contributed by atoms with Crippen LogP contribution in [0.15, 0.2) is 24.3 Å². The van der Waals surface area contributed by atoms with Crippen LogP contribution in [-0.4, -0.2) is 17.8 Å². The van der Waals surface area contributed by atoms with E-state index < -0.39 is 0 Å². The molecule has 0 radical (unpaired) electrons. The first-order valence-corrected chi connectivity index (χ1v) is 6.96. The topological polar surface area (TPSA) is 29.5 Å². The Morgan fingerprint density at radius 1 is 1.22 bits per heavy atom. The Morgan fingerprint density at radius 2 is 1.94 bits per heavy atom. The Balaban J connectivity index is 2.09. The summed E-state index contributed by atoms with van der Waals surface area (Å²) in [4.78, 5) is 0. The van der Waals surface area contributed by atoms with Gasteiger partial charge in [0, 0.05) is 5.41 Å². The van der Waals surface area contributed by atoms with Crippen molar-refractivity contribution in [2.45, 2.75) is 56.7 Å². The summed E-state index contributed by atoms with van der Waals surface area (Å²) in [6.45, 7) is 5.02. The van der Waals surface area contributed by atoms with Crippen molar-refractivity contribution in [1.29, 1.82) is 0 Å². The summed E-state index contributed by atoms with van der Waals surface area (Å²) in [6, 6.07) is 8.61. The van der Waals surface area contributed by atoms with Crippen molar-refractivity contribution in [2.75, 3.05) is 6.61 Å². The highest BCUT2D eigenvalue weighted by molar-refractivity contribution is 5.40. The predicted molar refractivity (Wildman–Crippen MR) is 71.6 cm³/mol. The van der Waals surface area contributed by atoms with Gasteiger partial charge in [-0.2, -0.15) is 0 Å². The maximum Gasteiger partial charge on any atom is 0.0878 e. The number of rotatable bonds is 0. The molecule has 1 aromatic carbocycles. The van der Waals surface area contributed by atoms with Crippen molar-refractivity contribution >= 4 is 0 Å². The molecule has 1 N–H and O–H groups in total. The number of aliphatic hydroxyl groups excluding tert-OH is 1. The maximum absolute atomic E-state index is 10.0. The molecule has 1 saturated carbocycles. The van der Waals surface area contributed by atoms with Crippen LogP contribution < -0.4 is 0 Å². The van der Waals surface area contributed by atoms with E-state index in [4.69, 9.17) is 4.74 Å². The highest BCUT2D eigenvalue weighted by Crippen LogP contribution is 2.48. The van der Waals surface area contributed by atoms with E-state index in [1.54, 1.807) is 0 Å². The molecule has 2 atom stereocenters. The summed E-state index contributed by atoms with van der Waals surface area (Å²) in [5.41, 5.74) is 2.54. The van der Waals surface area contributed by atoms with Crippen LogP contribution in [0, 0.1) is 0 Å². The smallest absolute Gasteiger partial charge is 0.0878 e. The number of benzene rings is 1. The van der Waals surface area contributed by atoms with Gasteiger partial charge in [0.25, 0.3) is 0 Å². The molecule has 1 aliphatic heterocycles. The van der Waals surface area contributed by atoms with Gasteiger partial charge in [-0.15, -0.1) is 0 Å². The van der Waals surface area contributed by atoms with Gasteiger partial charge in [-0.25, -0.2) is 0 Å². The van der Waals surface area contributed by atoms with Crippen LogP contribution in [0.1, 0.15) is 50.7 Å². The highest BCUT2D eigenvalue weighted by atomic mass is 16.5. The molecule has 18 heavy (non-hydrogen) atoms. The zero-order valence-electron chi connectivity index (χ0n) is 11.3. The maximum atomic E-state index is 10.0. The third-order valence-corrected chi connectivity index (χ3v) is 4.68. The first-order chi connectivity index (χ1) is 8.54. The number of aliphatic hydroxyl groups is 1. The monoisotopic (exact) mass is 246 g/mol. The molecule has 3 rings (SSSR count). The molecule has 1 aromatic rings. The summed E-state index contributed by atoms with van der Waals surface area (Å²) in [7, 11) is 0. The van der Waals surface area contributed by atoms with Crippen LogP contribution in [0.3, 0.4) is 0 Å². The van der Waals surface area contributed by atoms with E-state index >= 15 is 0 Å².